The van der Waals surface area contributed by atoms with Crippen LogP contribution < -0.4 is 15.4 Å². The summed E-state index contributed by atoms with van der Waals surface area (Å²) in [6.07, 6.45) is 6.27. The summed E-state index contributed by atoms with van der Waals surface area (Å²) in [6.45, 7) is 0.259. The minimum atomic E-state index is -1.01. The SMILES string of the molecule is COc1cccc2[nH]c(C(=O)N3C[C@@H]4CC=C[C@@H]4[C@H]3C(=O)N[C@@H](C[C@@H]3CCCNC3=O)C(=O)CO)cc12. The third-order valence-corrected chi connectivity index (χ3v) is 7.86. The third kappa shape index (κ3) is 4.73. The van der Waals surface area contributed by atoms with E-state index in [-0.39, 0.29) is 30.1 Å². The Labute approximate surface area is 214 Å². The standard InChI is InChI=1S/C27H32N4O6/c1-37-23-9-3-8-19-18(23)12-21(29-19)27(36)31-13-16-5-2-7-17(16)24(31)26(35)30-20(22(33)14-32)11-15-6-4-10-28-25(15)34/h2-3,7-9,12,15-17,20,24,29,32H,4-6,10-11,13-14H2,1H3,(H,28,34)(H,30,35)/t15-,16-,17-,20-,24-/m0/s1. The number of nitrogens with zero attached hydrogens (tertiary/aromatic N) is 1. The van der Waals surface area contributed by atoms with Crippen molar-refractivity contribution in [3.8, 4) is 5.75 Å². The van der Waals surface area contributed by atoms with Gasteiger partial charge in [-0.05, 0) is 49.8 Å². The van der Waals surface area contributed by atoms with Crippen molar-refractivity contribution in [2.24, 2.45) is 17.8 Å². The molecule has 10 heteroatoms. The Morgan fingerprint density at radius 2 is 2.14 bits per heavy atom. The number of piperidine rings is 1. The van der Waals surface area contributed by atoms with Crippen LogP contribution in [0.15, 0.2) is 36.4 Å². The molecule has 10 nitrogen and oxygen atoms in total. The predicted octanol–water partition coefficient (Wildman–Crippen LogP) is 1.16. The average Bonchev–Trinajstić information content (AvgIpc) is 3.62. The molecule has 0 saturated carbocycles. The number of amides is 3. The van der Waals surface area contributed by atoms with E-state index < -0.39 is 36.3 Å². The highest BCUT2D eigenvalue weighted by Crippen LogP contribution is 2.39. The number of aliphatic hydroxyl groups excluding tert-OH is 1. The number of nitrogens with one attached hydrogen (secondary N) is 3. The number of likely N-dealkylation sites (tertiary alicyclic amines) is 1. The van der Waals surface area contributed by atoms with Gasteiger partial charge in [-0.3, -0.25) is 19.2 Å². The number of fused-ring (bicyclic) bond motifs is 2. The van der Waals surface area contributed by atoms with Gasteiger partial charge in [0.05, 0.1) is 13.2 Å². The van der Waals surface area contributed by atoms with Crippen LogP contribution in [-0.2, 0) is 14.4 Å². The van der Waals surface area contributed by atoms with E-state index >= 15 is 0 Å². The van der Waals surface area contributed by atoms with Crippen LogP contribution in [-0.4, -0.2) is 77.4 Å². The van der Waals surface area contributed by atoms with Crippen molar-refractivity contribution in [1.29, 1.82) is 0 Å². The second kappa shape index (κ2) is 10.4. The van der Waals surface area contributed by atoms with Crippen LogP contribution in [0.2, 0.25) is 0 Å². The molecule has 3 heterocycles. The Morgan fingerprint density at radius 1 is 1.30 bits per heavy atom. The highest BCUT2D eigenvalue weighted by molar-refractivity contribution is 6.02. The van der Waals surface area contributed by atoms with Crippen molar-refractivity contribution in [3.05, 3.63) is 42.1 Å². The van der Waals surface area contributed by atoms with Crippen LogP contribution in [0.25, 0.3) is 10.9 Å². The molecule has 196 valence electrons. The third-order valence-electron chi connectivity index (χ3n) is 7.86. The summed E-state index contributed by atoms with van der Waals surface area (Å²) in [5.74, 6) is -1.31. The molecule has 5 rings (SSSR count). The molecule has 37 heavy (non-hydrogen) atoms. The van der Waals surface area contributed by atoms with Gasteiger partial charge in [0, 0.05) is 35.8 Å². The molecule has 2 aromatic rings. The summed E-state index contributed by atoms with van der Waals surface area (Å²) < 4.78 is 5.41. The van der Waals surface area contributed by atoms with Crippen LogP contribution >= 0.6 is 0 Å². The number of H-pyrrole nitrogens is 1. The molecule has 0 unspecified atom stereocenters. The summed E-state index contributed by atoms with van der Waals surface area (Å²) >= 11 is 0. The van der Waals surface area contributed by atoms with Gasteiger partial charge in [-0.25, -0.2) is 0 Å². The second-order valence-electron chi connectivity index (χ2n) is 10.1. The number of aromatic nitrogens is 1. The molecular weight excluding hydrogens is 476 g/mol. The summed E-state index contributed by atoms with van der Waals surface area (Å²) in [5, 5.41) is 15.9. The lowest BCUT2D eigenvalue weighted by Crippen LogP contribution is -2.54. The van der Waals surface area contributed by atoms with E-state index in [9.17, 15) is 24.3 Å². The summed E-state index contributed by atoms with van der Waals surface area (Å²) in [4.78, 5) is 56.9. The molecule has 3 amide bonds. The maximum absolute atomic E-state index is 13.7. The van der Waals surface area contributed by atoms with Gasteiger partial charge in [-0.2, -0.15) is 0 Å². The van der Waals surface area contributed by atoms with E-state index in [1.807, 2.05) is 30.4 Å². The maximum Gasteiger partial charge on any atom is 0.271 e. The second-order valence-corrected chi connectivity index (χ2v) is 10.1. The Bertz CT molecular complexity index is 1250. The first-order chi connectivity index (χ1) is 17.9. The fourth-order valence-electron chi connectivity index (χ4n) is 5.94. The number of allylic oxidation sites excluding steroid dienone is 1. The molecule has 2 aliphatic heterocycles. The topological polar surface area (TPSA) is 141 Å². The number of methoxy groups -OCH3 is 1. The van der Waals surface area contributed by atoms with Crippen LogP contribution in [0.4, 0.5) is 0 Å². The van der Waals surface area contributed by atoms with Crippen molar-refractivity contribution in [3.63, 3.8) is 0 Å². The smallest absolute Gasteiger partial charge is 0.271 e. The van der Waals surface area contributed by atoms with Gasteiger partial charge in [-0.1, -0.05) is 18.2 Å². The zero-order valence-corrected chi connectivity index (χ0v) is 20.7. The number of Topliss-reactive ketones (excluding diaryl/α,β-unsaturated/α-hetero) is 1. The van der Waals surface area contributed by atoms with Gasteiger partial charge in [0.25, 0.3) is 5.91 Å². The Balaban J connectivity index is 1.39. The minimum Gasteiger partial charge on any atom is -0.496 e. The quantitative estimate of drug-likeness (QED) is 0.395. The normalized spacial score (nSPS) is 25.6. The Hall–Kier alpha value is -3.66. The van der Waals surface area contributed by atoms with Gasteiger partial charge in [0.2, 0.25) is 11.8 Å². The molecule has 1 aromatic carbocycles. The van der Waals surface area contributed by atoms with Crippen molar-refractivity contribution in [1.82, 2.24) is 20.5 Å². The number of aromatic amines is 1. The van der Waals surface area contributed by atoms with E-state index in [0.29, 0.717) is 31.0 Å². The molecule has 0 spiro atoms. The Kier molecular flexibility index (Phi) is 7.01. The van der Waals surface area contributed by atoms with Gasteiger partial charge >= 0.3 is 0 Å². The van der Waals surface area contributed by atoms with Crippen LogP contribution in [0, 0.1) is 17.8 Å². The number of ketones is 1. The van der Waals surface area contributed by atoms with Crippen LogP contribution in [0.3, 0.4) is 0 Å². The molecule has 5 atom stereocenters. The monoisotopic (exact) mass is 508 g/mol. The van der Waals surface area contributed by atoms with Gasteiger partial charge in [0.15, 0.2) is 5.78 Å². The lowest BCUT2D eigenvalue weighted by molar-refractivity contribution is -0.133. The molecule has 1 aromatic heterocycles. The van der Waals surface area contributed by atoms with Gasteiger partial charge < -0.3 is 30.4 Å². The van der Waals surface area contributed by atoms with Crippen molar-refractivity contribution >= 4 is 34.4 Å². The number of hydrogen-bond donors (Lipinski definition) is 4. The van der Waals surface area contributed by atoms with E-state index in [1.54, 1.807) is 18.1 Å². The summed E-state index contributed by atoms with van der Waals surface area (Å²) in [6, 6.07) is 5.42. The molecule has 0 radical (unpaired) electrons. The molecule has 4 N–H and O–H groups in total. The average molecular weight is 509 g/mol. The lowest BCUT2D eigenvalue weighted by Gasteiger charge is -2.30. The summed E-state index contributed by atoms with van der Waals surface area (Å²) in [7, 11) is 1.57. The fourth-order valence-corrected chi connectivity index (χ4v) is 5.94. The van der Waals surface area contributed by atoms with Gasteiger partial charge in [0.1, 0.15) is 24.1 Å². The van der Waals surface area contributed by atoms with E-state index in [4.69, 9.17) is 4.74 Å². The summed E-state index contributed by atoms with van der Waals surface area (Å²) in [5.41, 5.74) is 1.10. The number of benzene rings is 1. The highest BCUT2D eigenvalue weighted by atomic mass is 16.5. The zero-order valence-electron chi connectivity index (χ0n) is 20.7. The molecule has 0 bridgehead atoms. The zero-order chi connectivity index (χ0) is 26.1. The first-order valence-corrected chi connectivity index (χ1v) is 12.8. The largest absolute Gasteiger partial charge is 0.496 e. The van der Waals surface area contributed by atoms with Crippen molar-refractivity contribution < 1.29 is 29.0 Å². The number of rotatable bonds is 8. The molecule has 1 aliphatic carbocycles. The van der Waals surface area contributed by atoms with Crippen molar-refractivity contribution in [2.45, 2.75) is 37.8 Å². The van der Waals surface area contributed by atoms with Crippen molar-refractivity contribution in [2.75, 3.05) is 26.8 Å². The van der Waals surface area contributed by atoms with E-state index in [1.165, 1.54) is 0 Å². The van der Waals surface area contributed by atoms with E-state index in [0.717, 1.165) is 23.7 Å². The predicted molar refractivity (Wildman–Crippen MR) is 135 cm³/mol. The minimum absolute atomic E-state index is 0.106. The fraction of sp³-hybridized carbons (Fsp3) is 0.481. The van der Waals surface area contributed by atoms with Crippen LogP contribution in [0.1, 0.15) is 36.2 Å². The molecular formula is C27H32N4O6. The Morgan fingerprint density at radius 3 is 2.89 bits per heavy atom. The maximum atomic E-state index is 13.7. The van der Waals surface area contributed by atoms with E-state index in [2.05, 4.69) is 15.6 Å². The molecule has 3 aliphatic rings. The number of carbonyl (C=O) groups excluding carboxylic acids is 4. The lowest BCUT2D eigenvalue weighted by atomic mass is 9.89. The highest BCUT2D eigenvalue weighted by Gasteiger charge is 2.48. The molecule has 2 fully saturated rings. The number of hydrogen-bond acceptors (Lipinski definition) is 6. The van der Waals surface area contributed by atoms with Crippen LogP contribution in [0.5, 0.6) is 5.75 Å². The number of carbonyl (C=O) groups is 4. The number of aliphatic hydroxyl groups is 1. The first kappa shape index (κ1) is 25.0. The number of ether oxygens (including phenoxy) is 1. The first-order valence-electron chi connectivity index (χ1n) is 12.8. The molecule has 2 saturated heterocycles. The van der Waals surface area contributed by atoms with Gasteiger partial charge in [-0.15, -0.1) is 0 Å².